The van der Waals surface area contributed by atoms with Crippen molar-refractivity contribution in [1.82, 2.24) is 0 Å². The van der Waals surface area contributed by atoms with Gasteiger partial charge in [-0.05, 0) is 53.6 Å². The Kier molecular flexibility index (Phi) is 10.8. The van der Waals surface area contributed by atoms with Crippen molar-refractivity contribution in [3.63, 3.8) is 0 Å². The van der Waals surface area contributed by atoms with Gasteiger partial charge in [0.25, 0.3) is 0 Å². The maximum Gasteiger partial charge on any atom is 0.307 e. The summed E-state index contributed by atoms with van der Waals surface area (Å²) >= 11 is 7.36. The third-order valence-electron chi connectivity index (χ3n) is 3.88. The van der Waals surface area contributed by atoms with Crippen LogP contribution in [-0.2, 0) is 11.2 Å². The van der Waals surface area contributed by atoms with Gasteiger partial charge in [-0.2, -0.15) is 0 Å². The predicted molar refractivity (Wildman–Crippen MR) is 125 cm³/mol. The second kappa shape index (κ2) is 12.8. The average molecular weight is 448 g/mol. The van der Waals surface area contributed by atoms with Gasteiger partial charge in [-0.15, -0.1) is 11.3 Å². The lowest BCUT2D eigenvalue weighted by molar-refractivity contribution is -0.136. The maximum absolute atomic E-state index is 11.2. The summed E-state index contributed by atoms with van der Waals surface area (Å²) < 4.78 is 5.15. The van der Waals surface area contributed by atoms with Gasteiger partial charge in [-0.3, -0.25) is 10.2 Å². The topological polar surface area (TPSA) is 90.6 Å². The molecule has 0 spiro atoms. The molecule has 0 fully saturated rings. The zero-order valence-electron chi connectivity index (χ0n) is 17.4. The van der Waals surface area contributed by atoms with Crippen LogP contribution in [0, 0.1) is 5.41 Å². The molecular formula is C23H26ClNO4S. The summed E-state index contributed by atoms with van der Waals surface area (Å²) in [6, 6.07) is 16.3. The Morgan fingerprint density at radius 2 is 1.63 bits per heavy atom. The highest BCUT2D eigenvalue weighted by molar-refractivity contribution is 7.17. The van der Waals surface area contributed by atoms with E-state index in [1.54, 1.807) is 37.4 Å². The van der Waals surface area contributed by atoms with Gasteiger partial charge >= 0.3 is 5.97 Å². The number of carboxylic acid groups (broad SMARTS) is 1. The van der Waals surface area contributed by atoms with Gasteiger partial charge in [0.05, 0.1) is 24.1 Å². The third kappa shape index (κ3) is 6.69. The van der Waals surface area contributed by atoms with E-state index < -0.39 is 5.97 Å². The van der Waals surface area contributed by atoms with Crippen LogP contribution in [0.5, 0.6) is 5.75 Å². The molecule has 1 aromatic heterocycles. The molecule has 0 saturated carbocycles. The molecule has 0 saturated heterocycles. The highest BCUT2D eigenvalue weighted by Gasteiger charge is 2.17. The maximum atomic E-state index is 11.2. The number of rotatable bonds is 6. The van der Waals surface area contributed by atoms with E-state index in [0.29, 0.717) is 16.3 Å². The molecule has 0 amide bonds. The number of methoxy groups -OCH3 is 1. The molecule has 2 aromatic carbocycles. The summed E-state index contributed by atoms with van der Waals surface area (Å²) in [5.41, 5.74) is 2.68. The molecule has 3 rings (SSSR count). The van der Waals surface area contributed by atoms with Gasteiger partial charge in [-0.1, -0.05) is 37.6 Å². The van der Waals surface area contributed by atoms with E-state index in [2.05, 4.69) is 0 Å². The van der Waals surface area contributed by atoms with E-state index in [4.69, 9.17) is 26.9 Å². The second-order valence-corrected chi connectivity index (χ2v) is 7.13. The van der Waals surface area contributed by atoms with Crippen LogP contribution >= 0.6 is 22.9 Å². The van der Waals surface area contributed by atoms with Crippen molar-refractivity contribution in [2.45, 2.75) is 20.3 Å². The number of hydrogen-bond donors (Lipinski definition) is 3. The second-order valence-electron chi connectivity index (χ2n) is 5.65. The quantitative estimate of drug-likeness (QED) is 0.419. The highest BCUT2D eigenvalue weighted by Crippen LogP contribution is 2.35. The summed E-state index contributed by atoms with van der Waals surface area (Å²) in [5.74, 6) is -0.179. The molecule has 0 aliphatic rings. The molecule has 0 radical (unpaired) electrons. The van der Waals surface area contributed by atoms with E-state index >= 15 is 0 Å². The van der Waals surface area contributed by atoms with Crippen molar-refractivity contribution in [1.29, 1.82) is 5.41 Å². The lowest BCUT2D eigenvalue weighted by Gasteiger charge is -2.03. The van der Waals surface area contributed by atoms with Gasteiger partial charge in [0.1, 0.15) is 5.75 Å². The smallest absolute Gasteiger partial charge is 0.307 e. The molecule has 3 aromatic rings. The predicted octanol–water partition coefficient (Wildman–Crippen LogP) is 5.76. The average Bonchev–Trinajstić information content (AvgIpc) is 3.19. The first-order chi connectivity index (χ1) is 14.5. The highest BCUT2D eigenvalue weighted by atomic mass is 35.5. The van der Waals surface area contributed by atoms with Crippen molar-refractivity contribution in [2.24, 2.45) is 0 Å². The molecule has 3 N–H and O–H groups in total. The van der Waals surface area contributed by atoms with Crippen molar-refractivity contribution >= 4 is 34.6 Å². The Morgan fingerprint density at radius 1 is 1.07 bits per heavy atom. The number of hydrogen-bond acceptors (Lipinski definition) is 5. The molecule has 0 atom stereocenters. The molecule has 1 heterocycles. The monoisotopic (exact) mass is 447 g/mol. The summed E-state index contributed by atoms with van der Waals surface area (Å²) in [7, 11) is 2.59. The SMILES string of the molecule is CC.CO.COc1ccc(C(=N)c2cc(CC(=O)O)c(-c3ccc(Cl)cc3)s2)cc1. The molecule has 30 heavy (non-hydrogen) atoms. The molecule has 0 bridgehead atoms. The fourth-order valence-electron chi connectivity index (χ4n) is 2.59. The molecular weight excluding hydrogens is 422 g/mol. The molecule has 5 nitrogen and oxygen atoms in total. The Bertz CT molecular complexity index is 950. The van der Waals surface area contributed by atoms with E-state index in [0.717, 1.165) is 33.7 Å². The number of aliphatic hydroxyl groups excluding tert-OH is 1. The summed E-state index contributed by atoms with van der Waals surface area (Å²) in [4.78, 5) is 12.8. The molecule has 0 aliphatic heterocycles. The van der Waals surface area contributed by atoms with Gasteiger partial charge in [-0.25, -0.2) is 0 Å². The van der Waals surface area contributed by atoms with Gasteiger partial charge in [0.15, 0.2) is 0 Å². The van der Waals surface area contributed by atoms with Crippen LogP contribution in [0.2, 0.25) is 5.02 Å². The number of benzene rings is 2. The van der Waals surface area contributed by atoms with Gasteiger partial charge in [0.2, 0.25) is 0 Å². The number of aliphatic hydroxyl groups is 1. The number of ether oxygens (including phenoxy) is 1. The number of thiophene rings is 1. The fourth-order valence-corrected chi connectivity index (χ4v) is 3.87. The van der Waals surface area contributed by atoms with Crippen LogP contribution in [-0.4, -0.2) is 36.1 Å². The summed E-state index contributed by atoms with van der Waals surface area (Å²) in [6.45, 7) is 4.00. The summed E-state index contributed by atoms with van der Waals surface area (Å²) in [6.07, 6.45) is -0.0929. The van der Waals surface area contributed by atoms with Gasteiger partial charge < -0.3 is 14.9 Å². The Balaban J connectivity index is 0.00000106. The first-order valence-corrected chi connectivity index (χ1v) is 10.5. The number of nitrogens with one attached hydrogen (secondary N) is 1. The lowest BCUT2D eigenvalue weighted by atomic mass is 10.0. The van der Waals surface area contributed by atoms with E-state index in [1.807, 2.05) is 38.1 Å². The zero-order chi connectivity index (χ0) is 22.7. The fraction of sp³-hybridized carbons (Fsp3) is 0.217. The van der Waals surface area contributed by atoms with Crippen LogP contribution in [0.1, 0.15) is 29.9 Å². The Morgan fingerprint density at radius 3 is 2.13 bits per heavy atom. The zero-order valence-corrected chi connectivity index (χ0v) is 19.0. The standard InChI is InChI=1S/C20H16ClNO3S.C2H6.CH4O/c1-25-16-8-4-12(5-9-16)19(22)17-10-14(11-18(23)24)20(26-17)13-2-6-15(21)7-3-13;2*1-2/h2-10,22H,11H2,1H3,(H,23,24);1-2H3;2H,1H3. The number of halogens is 1. The number of carbonyl (C=O) groups is 1. The van der Waals surface area contributed by atoms with Crippen molar-refractivity contribution < 1.29 is 19.7 Å². The normalized spacial score (nSPS) is 9.53. The first kappa shape index (κ1) is 25.4. The third-order valence-corrected chi connectivity index (χ3v) is 5.38. The van der Waals surface area contributed by atoms with Crippen LogP contribution in [0.15, 0.2) is 54.6 Å². The first-order valence-electron chi connectivity index (χ1n) is 9.26. The Hall–Kier alpha value is -2.67. The van der Waals surface area contributed by atoms with E-state index in [9.17, 15) is 9.90 Å². The minimum absolute atomic E-state index is 0.0929. The van der Waals surface area contributed by atoms with Crippen LogP contribution in [0.3, 0.4) is 0 Å². The molecule has 0 unspecified atom stereocenters. The number of aliphatic carboxylic acids is 1. The minimum atomic E-state index is -0.902. The van der Waals surface area contributed by atoms with Crippen LogP contribution in [0.25, 0.3) is 10.4 Å². The van der Waals surface area contributed by atoms with Crippen molar-refractivity contribution in [2.75, 3.05) is 14.2 Å². The van der Waals surface area contributed by atoms with Crippen molar-refractivity contribution in [3.8, 4) is 16.2 Å². The molecule has 7 heteroatoms. The van der Waals surface area contributed by atoms with Crippen molar-refractivity contribution in [3.05, 3.63) is 75.6 Å². The van der Waals surface area contributed by atoms with Crippen LogP contribution < -0.4 is 4.74 Å². The van der Waals surface area contributed by atoms with Crippen LogP contribution in [0.4, 0.5) is 0 Å². The van der Waals surface area contributed by atoms with E-state index in [1.165, 1.54) is 11.3 Å². The molecule has 0 aliphatic carbocycles. The Labute approximate surface area is 186 Å². The molecule has 160 valence electrons. The number of carboxylic acids is 1. The lowest BCUT2D eigenvalue weighted by Crippen LogP contribution is -2.01. The minimum Gasteiger partial charge on any atom is -0.497 e. The van der Waals surface area contributed by atoms with E-state index in [-0.39, 0.29) is 6.42 Å². The summed E-state index contributed by atoms with van der Waals surface area (Å²) in [5, 5.41) is 25.3. The largest absolute Gasteiger partial charge is 0.497 e. The van der Waals surface area contributed by atoms with Gasteiger partial charge in [0, 0.05) is 22.6 Å².